The predicted molar refractivity (Wildman–Crippen MR) is 83.3 cm³/mol. The van der Waals surface area contributed by atoms with Crippen molar-refractivity contribution >= 4 is 5.97 Å². The van der Waals surface area contributed by atoms with Crippen LogP contribution < -0.4 is 0 Å². The van der Waals surface area contributed by atoms with Crippen LogP contribution in [-0.2, 0) is 0 Å². The molecule has 0 aliphatic carbocycles. The number of aromatic nitrogens is 2. The van der Waals surface area contributed by atoms with E-state index >= 15 is 0 Å². The van der Waals surface area contributed by atoms with Crippen molar-refractivity contribution < 1.29 is 9.90 Å². The molecule has 0 saturated carbocycles. The maximum absolute atomic E-state index is 11.5. The fraction of sp³-hybridized carbons (Fsp3) is 0.412. The molecule has 1 heterocycles. The number of benzene rings is 1. The van der Waals surface area contributed by atoms with Crippen molar-refractivity contribution in [3.63, 3.8) is 0 Å². The van der Waals surface area contributed by atoms with Crippen LogP contribution >= 0.6 is 0 Å². The average molecular weight is 286 g/mol. The Kier molecular flexibility index (Phi) is 4.46. The van der Waals surface area contributed by atoms with Crippen LogP contribution in [0.2, 0.25) is 0 Å². The molecule has 1 aromatic carbocycles. The van der Waals surface area contributed by atoms with Gasteiger partial charge in [-0.25, -0.2) is 9.48 Å². The van der Waals surface area contributed by atoms with Crippen molar-refractivity contribution in [2.24, 2.45) is 0 Å². The lowest BCUT2D eigenvalue weighted by atomic mass is 9.95. The molecule has 112 valence electrons. The average Bonchev–Trinajstić information content (AvgIpc) is 2.85. The fourth-order valence-corrected chi connectivity index (χ4v) is 2.83. The molecular weight excluding hydrogens is 264 g/mol. The van der Waals surface area contributed by atoms with Crippen LogP contribution in [0.15, 0.2) is 24.4 Å². The summed E-state index contributed by atoms with van der Waals surface area (Å²) in [6.07, 6.45) is 3.26. The molecule has 0 fully saturated rings. The Morgan fingerprint density at radius 1 is 1.29 bits per heavy atom. The number of aromatic carboxylic acids is 1. The summed E-state index contributed by atoms with van der Waals surface area (Å²) in [5, 5.41) is 13.8. The van der Waals surface area contributed by atoms with Gasteiger partial charge in [0.1, 0.15) is 5.56 Å². The number of rotatable bonds is 5. The van der Waals surface area contributed by atoms with E-state index in [4.69, 9.17) is 0 Å². The van der Waals surface area contributed by atoms with E-state index < -0.39 is 5.97 Å². The normalized spacial score (nSPS) is 11.1. The smallest absolute Gasteiger partial charge is 0.339 e. The highest BCUT2D eigenvalue weighted by molar-refractivity contribution is 5.89. The molecule has 2 rings (SSSR count). The van der Waals surface area contributed by atoms with Crippen LogP contribution in [0.3, 0.4) is 0 Å². The molecule has 0 atom stereocenters. The van der Waals surface area contributed by atoms with Crippen LogP contribution in [0.5, 0.6) is 0 Å². The summed E-state index contributed by atoms with van der Waals surface area (Å²) in [6, 6.07) is 6.13. The van der Waals surface area contributed by atoms with Gasteiger partial charge in [-0.2, -0.15) is 5.10 Å². The number of hydrogen-bond acceptors (Lipinski definition) is 2. The first-order chi connectivity index (χ1) is 9.99. The standard InChI is InChI=1S/C17H22N2O2/c1-5-13(6-2)16-14(17(20)21)10-18-19(16)15-8-7-11(3)9-12(15)4/h7-10,13H,5-6H2,1-4H3,(H,20,21). The number of nitrogens with zero attached hydrogens (tertiary/aromatic N) is 2. The summed E-state index contributed by atoms with van der Waals surface area (Å²) in [7, 11) is 0. The molecule has 2 aromatic rings. The van der Waals surface area contributed by atoms with Gasteiger partial charge in [0.25, 0.3) is 0 Å². The van der Waals surface area contributed by atoms with Crippen LogP contribution in [0.25, 0.3) is 5.69 Å². The number of carboxylic acid groups (broad SMARTS) is 1. The van der Waals surface area contributed by atoms with Gasteiger partial charge in [0, 0.05) is 5.92 Å². The van der Waals surface area contributed by atoms with Gasteiger partial charge in [-0.05, 0) is 38.3 Å². The monoisotopic (exact) mass is 286 g/mol. The zero-order valence-corrected chi connectivity index (χ0v) is 13.1. The minimum Gasteiger partial charge on any atom is -0.478 e. The lowest BCUT2D eigenvalue weighted by Crippen LogP contribution is -2.12. The van der Waals surface area contributed by atoms with Crippen LogP contribution in [-0.4, -0.2) is 20.9 Å². The first kappa shape index (κ1) is 15.3. The van der Waals surface area contributed by atoms with E-state index in [-0.39, 0.29) is 5.92 Å². The third-order valence-corrected chi connectivity index (χ3v) is 3.99. The van der Waals surface area contributed by atoms with Gasteiger partial charge in [0.15, 0.2) is 0 Å². The van der Waals surface area contributed by atoms with Gasteiger partial charge in [-0.15, -0.1) is 0 Å². The van der Waals surface area contributed by atoms with Crippen molar-refractivity contribution in [2.45, 2.75) is 46.5 Å². The van der Waals surface area contributed by atoms with Gasteiger partial charge < -0.3 is 5.11 Å². The molecule has 21 heavy (non-hydrogen) atoms. The molecule has 0 saturated heterocycles. The quantitative estimate of drug-likeness (QED) is 0.900. The maximum Gasteiger partial charge on any atom is 0.339 e. The SMILES string of the molecule is CCC(CC)c1c(C(=O)O)cnn1-c1ccc(C)cc1C. The third kappa shape index (κ3) is 2.84. The van der Waals surface area contributed by atoms with Crippen molar-refractivity contribution in [2.75, 3.05) is 0 Å². The maximum atomic E-state index is 11.5. The summed E-state index contributed by atoms with van der Waals surface area (Å²) in [5.74, 6) is -0.716. The molecular formula is C17H22N2O2. The molecule has 1 N–H and O–H groups in total. The Morgan fingerprint density at radius 2 is 1.95 bits per heavy atom. The number of aryl methyl sites for hydroxylation is 2. The molecule has 0 aliphatic heterocycles. The highest BCUT2D eigenvalue weighted by Crippen LogP contribution is 2.29. The highest BCUT2D eigenvalue weighted by Gasteiger charge is 2.23. The largest absolute Gasteiger partial charge is 0.478 e. The Hall–Kier alpha value is -2.10. The zero-order valence-electron chi connectivity index (χ0n) is 13.1. The number of carboxylic acids is 1. The van der Waals surface area contributed by atoms with Gasteiger partial charge >= 0.3 is 5.97 Å². The lowest BCUT2D eigenvalue weighted by molar-refractivity contribution is 0.0695. The topological polar surface area (TPSA) is 55.1 Å². The minimum absolute atomic E-state index is 0.194. The molecule has 0 amide bonds. The molecule has 0 bridgehead atoms. The van der Waals surface area contributed by atoms with E-state index in [1.807, 2.05) is 26.0 Å². The molecule has 4 heteroatoms. The third-order valence-electron chi connectivity index (χ3n) is 3.99. The second-order valence-electron chi connectivity index (χ2n) is 5.46. The summed E-state index contributed by atoms with van der Waals surface area (Å²) < 4.78 is 1.80. The van der Waals surface area contributed by atoms with Gasteiger partial charge in [-0.3, -0.25) is 0 Å². The minimum atomic E-state index is -0.909. The van der Waals surface area contributed by atoms with Crippen molar-refractivity contribution in [1.29, 1.82) is 0 Å². The summed E-state index contributed by atoms with van der Waals surface area (Å²) in [6.45, 7) is 8.24. The Balaban J connectivity index is 2.66. The molecule has 1 aromatic heterocycles. The summed E-state index contributed by atoms with van der Waals surface area (Å²) in [4.78, 5) is 11.5. The first-order valence-corrected chi connectivity index (χ1v) is 7.38. The Labute approximate surface area is 125 Å². The number of carbonyl (C=O) groups is 1. The van der Waals surface area contributed by atoms with E-state index in [0.29, 0.717) is 5.56 Å². The van der Waals surface area contributed by atoms with Crippen LogP contribution in [0.4, 0.5) is 0 Å². The summed E-state index contributed by atoms with van der Waals surface area (Å²) in [5.41, 5.74) is 4.35. The van der Waals surface area contributed by atoms with E-state index in [9.17, 15) is 9.90 Å². The highest BCUT2D eigenvalue weighted by atomic mass is 16.4. The lowest BCUT2D eigenvalue weighted by Gasteiger charge is -2.18. The summed E-state index contributed by atoms with van der Waals surface area (Å²) >= 11 is 0. The van der Waals surface area contributed by atoms with E-state index in [2.05, 4.69) is 25.0 Å². The van der Waals surface area contributed by atoms with E-state index in [1.165, 1.54) is 11.8 Å². The van der Waals surface area contributed by atoms with E-state index in [0.717, 1.165) is 29.8 Å². The van der Waals surface area contributed by atoms with Crippen molar-refractivity contribution in [3.8, 4) is 5.69 Å². The van der Waals surface area contributed by atoms with Crippen LogP contribution in [0.1, 0.15) is 59.8 Å². The molecule has 0 spiro atoms. The number of hydrogen-bond donors (Lipinski definition) is 1. The Bertz CT molecular complexity index is 655. The first-order valence-electron chi connectivity index (χ1n) is 7.38. The molecule has 0 unspecified atom stereocenters. The van der Waals surface area contributed by atoms with Gasteiger partial charge in [-0.1, -0.05) is 31.5 Å². The zero-order chi connectivity index (χ0) is 15.6. The second kappa shape index (κ2) is 6.12. The second-order valence-corrected chi connectivity index (χ2v) is 5.46. The van der Waals surface area contributed by atoms with E-state index in [1.54, 1.807) is 4.68 Å². The fourth-order valence-electron chi connectivity index (χ4n) is 2.83. The van der Waals surface area contributed by atoms with Crippen LogP contribution in [0, 0.1) is 13.8 Å². The van der Waals surface area contributed by atoms with Crippen molar-refractivity contribution in [1.82, 2.24) is 9.78 Å². The van der Waals surface area contributed by atoms with Gasteiger partial charge in [0.05, 0.1) is 17.6 Å². The molecule has 4 nitrogen and oxygen atoms in total. The predicted octanol–water partition coefficient (Wildman–Crippen LogP) is 4.09. The van der Waals surface area contributed by atoms with Gasteiger partial charge in [0.2, 0.25) is 0 Å². The van der Waals surface area contributed by atoms with Crippen molar-refractivity contribution in [3.05, 3.63) is 46.8 Å². The Morgan fingerprint density at radius 3 is 2.48 bits per heavy atom. The molecule has 0 aliphatic rings. The molecule has 0 radical (unpaired) electrons.